The van der Waals surface area contributed by atoms with Gasteiger partial charge in [-0.05, 0) is 36.6 Å². The number of aryl methyl sites for hydroxylation is 1. The SMILES string of the molecule is COc1ccccc1N1CCN(CC(O)COC2CCc3ccccc3S2)CC1. The number of aliphatic hydroxyl groups excluding tert-OH is 1. The highest BCUT2D eigenvalue weighted by Crippen LogP contribution is 2.35. The molecule has 0 amide bonds. The highest BCUT2D eigenvalue weighted by atomic mass is 32.2. The van der Waals surface area contributed by atoms with Crippen molar-refractivity contribution in [2.45, 2.75) is 29.3 Å². The van der Waals surface area contributed by atoms with E-state index in [0.29, 0.717) is 13.2 Å². The number of rotatable bonds is 7. The largest absolute Gasteiger partial charge is 0.495 e. The Morgan fingerprint density at radius 2 is 1.83 bits per heavy atom. The molecule has 0 aromatic heterocycles. The lowest BCUT2D eigenvalue weighted by atomic mass is 10.1. The molecule has 156 valence electrons. The predicted molar refractivity (Wildman–Crippen MR) is 118 cm³/mol. The molecule has 2 unspecified atom stereocenters. The smallest absolute Gasteiger partial charge is 0.142 e. The molecule has 29 heavy (non-hydrogen) atoms. The van der Waals surface area contributed by atoms with Gasteiger partial charge in [-0.25, -0.2) is 0 Å². The van der Waals surface area contributed by atoms with Gasteiger partial charge in [0.2, 0.25) is 0 Å². The molecule has 0 radical (unpaired) electrons. The summed E-state index contributed by atoms with van der Waals surface area (Å²) in [5.74, 6) is 0.918. The Balaban J connectivity index is 1.20. The lowest BCUT2D eigenvalue weighted by Crippen LogP contribution is -2.49. The summed E-state index contributed by atoms with van der Waals surface area (Å²) in [4.78, 5) is 5.99. The first-order chi connectivity index (χ1) is 14.2. The number of fused-ring (bicyclic) bond motifs is 1. The summed E-state index contributed by atoms with van der Waals surface area (Å²) in [5.41, 5.74) is 2.70. The molecule has 1 saturated heterocycles. The molecule has 2 aromatic carbocycles. The monoisotopic (exact) mass is 414 g/mol. The van der Waals surface area contributed by atoms with Gasteiger partial charge in [0, 0.05) is 37.6 Å². The zero-order valence-corrected chi connectivity index (χ0v) is 17.8. The second-order valence-corrected chi connectivity index (χ2v) is 8.84. The van der Waals surface area contributed by atoms with E-state index in [1.165, 1.54) is 10.5 Å². The third kappa shape index (κ3) is 5.25. The van der Waals surface area contributed by atoms with E-state index in [9.17, 15) is 5.11 Å². The van der Waals surface area contributed by atoms with Crippen LogP contribution in [0.3, 0.4) is 0 Å². The second kappa shape index (κ2) is 9.85. The van der Waals surface area contributed by atoms with Crippen LogP contribution in [0.25, 0.3) is 0 Å². The van der Waals surface area contributed by atoms with Gasteiger partial charge < -0.3 is 19.5 Å². The average molecular weight is 415 g/mol. The van der Waals surface area contributed by atoms with E-state index in [0.717, 1.165) is 50.5 Å². The molecule has 0 bridgehead atoms. The maximum atomic E-state index is 10.5. The molecule has 2 aliphatic heterocycles. The summed E-state index contributed by atoms with van der Waals surface area (Å²) in [7, 11) is 1.72. The second-order valence-electron chi connectivity index (χ2n) is 7.64. The van der Waals surface area contributed by atoms with Crippen LogP contribution in [0.5, 0.6) is 5.75 Å². The van der Waals surface area contributed by atoms with Crippen LogP contribution in [-0.2, 0) is 11.2 Å². The lowest BCUT2D eigenvalue weighted by Gasteiger charge is -2.37. The number of nitrogens with zero attached hydrogens (tertiary/aromatic N) is 2. The number of piperazine rings is 1. The zero-order valence-electron chi connectivity index (χ0n) is 17.0. The van der Waals surface area contributed by atoms with E-state index in [-0.39, 0.29) is 5.44 Å². The van der Waals surface area contributed by atoms with Crippen LogP contribution in [-0.4, -0.2) is 68.0 Å². The van der Waals surface area contributed by atoms with Crippen LogP contribution >= 0.6 is 11.8 Å². The van der Waals surface area contributed by atoms with Gasteiger partial charge in [0.05, 0.1) is 25.5 Å². The molecule has 0 spiro atoms. The number of β-amino-alcohol motifs (C(OH)–C–C–N with tert-alkyl or cyclic N) is 1. The summed E-state index contributed by atoms with van der Waals surface area (Å²) in [6.07, 6.45) is 1.60. The van der Waals surface area contributed by atoms with Gasteiger partial charge in [0.25, 0.3) is 0 Å². The first-order valence-electron chi connectivity index (χ1n) is 10.4. The summed E-state index contributed by atoms with van der Waals surface area (Å²) in [6, 6.07) is 16.7. The molecule has 5 nitrogen and oxygen atoms in total. The van der Waals surface area contributed by atoms with Crippen molar-refractivity contribution in [3.05, 3.63) is 54.1 Å². The number of methoxy groups -OCH3 is 1. The van der Waals surface area contributed by atoms with E-state index < -0.39 is 6.10 Å². The molecule has 4 rings (SSSR count). The molecule has 6 heteroatoms. The first kappa shape index (κ1) is 20.5. The fraction of sp³-hybridized carbons (Fsp3) is 0.478. The molecule has 2 atom stereocenters. The van der Waals surface area contributed by atoms with Crippen molar-refractivity contribution in [1.82, 2.24) is 4.90 Å². The number of anilines is 1. The molecule has 1 fully saturated rings. The third-order valence-electron chi connectivity index (χ3n) is 5.62. The number of para-hydroxylation sites is 2. The Bertz CT molecular complexity index is 795. The predicted octanol–water partition coefficient (Wildman–Crippen LogP) is 3.26. The van der Waals surface area contributed by atoms with Crippen LogP contribution in [0.2, 0.25) is 0 Å². The van der Waals surface area contributed by atoms with Gasteiger partial charge in [-0.15, -0.1) is 0 Å². The average Bonchev–Trinajstić information content (AvgIpc) is 2.78. The normalized spacial score (nSPS) is 20.9. The molecule has 1 N–H and O–H groups in total. The molecule has 0 saturated carbocycles. The Morgan fingerprint density at radius 1 is 1.07 bits per heavy atom. The van der Waals surface area contributed by atoms with Crippen molar-refractivity contribution in [3.8, 4) is 5.75 Å². The molecular weight excluding hydrogens is 384 g/mol. The molecule has 2 aliphatic rings. The van der Waals surface area contributed by atoms with Crippen molar-refractivity contribution < 1.29 is 14.6 Å². The van der Waals surface area contributed by atoms with Gasteiger partial charge in [0.15, 0.2) is 0 Å². The third-order valence-corrected chi connectivity index (χ3v) is 6.91. The van der Waals surface area contributed by atoms with Gasteiger partial charge in [-0.3, -0.25) is 4.90 Å². The van der Waals surface area contributed by atoms with E-state index in [1.54, 1.807) is 18.9 Å². The maximum absolute atomic E-state index is 10.5. The number of hydrogen-bond acceptors (Lipinski definition) is 6. The van der Waals surface area contributed by atoms with Crippen LogP contribution < -0.4 is 9.64 Å². The van der Waals surface area contributed by atoms with E-state index in [4.69, 9.17) is 9.47 Å². The minimum Gasteiger partial charge on any atom is -0.495 e. The van der Waals surface area contributed by atoms with Crippen molar-refractivity contribution in [2.24, 2.45) is 0 Å². The van der Waals surface area contributed by atoms with Crippen molar-refractivity contribution >= 4 is 17.4 Å². The fourth-order valence-corrected chi connectivity index (χ4v) is 5.19. The van der Waals surface area contributed by atoms with E-state index in [2.05, 4.69) is 40.1 Å². The van der Waals surface area contributed by atoms with Gasteiger partial charge >= 0.3 is 0 Å². The summed E-state index contributed by atoms with van der Waals surface area (Å²) in [6.45, 7) is 4.79. The number of hydrogen-bond donors (Lipinski definition) is 1. The quantitative estimate of drug-likeness (QED) is 0.750. The van der Waals surface area contributed by atoms with Crippen molar-refractivity contribution in [1.29, 1.82) is 0 Å². The van der Waals surface area contributed by atoms with Crippen LogP contribution in [0.1, 0.15) is 12.0 Å². The summed E-state index contributed by atoms with van der Waals surface area (Å²) < 4.78 is 11.5. The van der Waals surface area contributed by atoms with Crippen LogP contribution in [0.15, 0.2) is 53.4 Å². The molecule has 2 heterocycles. The molecule has 0 aliphatic carbocycles. The van der Waals surface area contributed by atoms with Gasteiger partial charge in [0.1, 0.15) is 11.2 Å². The summed E-state index contributed by atoms with van der Waals surface area (Å²) >= 11 is 1.78. The number of thioether (sulfide) groups is 1. The Kier molecular flexibility index (Phi) is 6.98. The standard InChI is InChI=1S/C23H30N2O3S/c1-27-21-8-4-3-7-20(21)25-14-12-24(13-15-25)16-19(26)17-28-23-11-10-18-6-2-5-9-22(18)29-23/h2-9,19,23,26H,10-17H2,1H3. The Morgan fingerprint density at radius 3 is 2.66 bits per heavy atom. The zero-order chi connectivity index (χ0) is 20.1. The van der Waals surface area contributed by atoms with Crippen LogP contribution in [0.4, 0.5) is 5.69 Å². The first-order valence-corrected chi connectivity index (χ1v) is 11.3. The highest BCUT2D eigenvalue weighted by Gasteiger charge is 2.23. The number of benzene rings is 2. The number of ether oxygens (including phenoxy) is 2. The lowest BCUT2D eigenvalue weighted by molar-refractivity contribution is 0.00418. The Labute approximate surface area is 177 Å². The van der Waals surface area contributed by atoms with Crippen molar-refractivity contribution in [2.75, 3.05) is 51.3 Å². The topological polar surface area (TPSA) is 45.2 Å². The minimum absolute atomic E-state index is 0.141. The van der Waals surface area contributed by atoms with Crippen LogP contribution in [0, 0.1) is 0 Å². The fourth-order valence-electron chi connectivity index (χ4n) is 4.05. The van der Waals surface area contributed by atoms with E-state index >= 15 is 0 Å². The molecular formula is C23H30N2O3S. The molecule has 2 aromatic rings. The van der Waals surface area contributed by atoms with E-state index in [1.807, 2.05) is 18.2 Å². The Hall–Kier alpha value is -1.73. The minimum atomic E-state index is -0.453. The highest BCUT2D eigenvalue weighted by molar-refractivity contribution is 7.99. The number of aliphatic hydroxyl groups is 1. The van der Waals surface area contributed by atoms with Gasteiger partial charge in [-0.2, -0.15) is 0 Å². The summed E-state index contributed by atoms with van der Waals surface area (Å²) in [5, 5.41) is 10.5. The van der Waals surface area contributed by atoms with Crippen molar-refractivity contribution in [3.63, 3.8) is 0 Å². The maximum Gasteiger partial charge on any atom is 0.142 e. The van der Waals surface area contributed by atoms with Gasteiger partial charge in [-0.1, -0.05) is 42.1 Å².